The van der Waals surface area contributed by atoms with E-state index in [1.807, 2.05) is 31.2 Å². The van der Waals surface area contributed by atoms with Crippen LogP contribution in [0, 0.1) is 0 Å². The molecule has 0 saturated carbocycles. The van der Waals surface area contributed by atoms with Crippen LogP contribution in [0.25, 0.3) is 0 Å². The molecule has 1 unspecified atom stereocenters. The second kappa shape index (κ2) is 6.43. The molecule has 0 aliphatic heterocycles. The highest BCUT2D eigenvalue weighted by molar-refractivity contribution is 5.27. The van der Waals surface area contributed by atoms with Crippen LogP contribution in [0.4, 0.5) is 0 Å². The van der Waals surface area contributed by atoms with Crippen molar-refractivity contribution < 1.29 is 14.9 Å². The number of benzene rings is 1. The molecule has 3 nitrogen and oxygen atoms in total. The summed E-state index contributed by atoms with van der Waals surface area (Å²) < 4.78 is 5.23. The van der Waals surface area contributed by atoms with Crippen molar-refractivity contribution in [1.29, 1.82) is 0 Å². The summed E-state index contributed by atoms with van der Waals surface area (Å²) in [4.78, 5) is 0. The van der Waals surface area contributed by atoms with E-state index in [-0.39, 0.29) is 12.7 Å². The Morgan fingerprint density at radius 2 is 1.93 bits per heavy atom. The summed E-state index contributed by atoms with van der Waals surface area (Å²) >= 11 is 0. The van der Waals surface area contributed by atoms with Gasteiger partial charge in [0.2, 0.25) is 0 Å². The first kappa shape index (κ1) is 12.0. The van der Waals surface area contributed by atoms with E-state index in [4.69, 9.17) is 9.84 Å². The zero-order chi connectivity index (χ0) is 11.1. The third kappa shape index (κ3) is 4.32. The molecule has 84 valence electrons. The summed E-state index contributed by atoms with van der Waals surface area (Å²) in [6.45, 7) is 2.30. The van der Waals surface area contributed by atoms with E-state index in [1.54, 1.807) is 0 Å². The van der Waals surface area contributed by atoms with Crippen molar-refractivity contribution in [2.75, 3.05) is 13.2 Å². The molecule has 1 aromatic rings. The molecule has 0 bridgehead atoms. The number of ether oxygens (including phenoxy) is 1. The minimum absolute atomic E-state index is 0.0241. The van der Waals surface area contributed by atoms with Crippen molar-refractivity contribution in [2.45, 2.75) is 25.9 Å². The van der Waals surface area contributed by atoms with Crippen LogP contribution in [0.1, 0.15) is 18.9 Å². The summed E-state index contributed by atoms with van der Waals surface area (Å²) in [7, 11) is 0. The Morgan fingerprint density at radius 3 is 2.47 bits per heavy atom. The van der Waals surface area contributed by atoms with Crippen LogP contribution in [-0.2, 0) is 6.42 Å². The molecular formula is C12H18O3. The Labute approximate surface area is 90.3 Å². The van der Waals surface area contributed by atoms with E-state index >= 15 is 0 Å². The molecule has 1 aromatic carbocycles. The highest BCUT2D eigenvalue weighted by Crippen LogP contribution is 2.13. The summed E-state index contributed by atoms with van der Waals surface area (Å²) in [5.74, 6) is 0.749. The SMILES string of the molecule is CCC(O)Cc1ccc(OCCO)cc1. The molecule has 0 radical (unpaired) electrons. The van der Waals surface area contributed by atoms with E-state index in [0.29, 0.717) is 13.0 Å². The molecule has 0 heterocycles. The zero-order valence-corrected chi connectivity index (χ0v) is 9.02. The second-order valence-electron chi connectivity index (χ2n) is 3.48. The lowest BCUT2D eigenvalue weighted by Gasteiger charge is -2.08. The molecule has 2 N–H and O–H groups in total. The van der Waals surface area contributed by atoms with E-state index in [0.717, 1.165) is 17.7 Å². The fourth-order valence-corrected chi connectivity index (χ4v) is 1.30. The van der Waals surface area contributed by atoms with Crippen LogP contribution in [0.15, 0.2) is 24.3 Å². The average Bonchev–Trinajstić information content (AvgIpc) is 2.28. The van der Waals surface area contributed by atoms with Gasteiger partial charge in [-0.2, -0.15) is 0 Å². The lowest BCUT2D eigenvalue weighted by molar-refractivity contribution is 0.170. The van der Waals surface area contributed by atoms with Crippen LogP contribution in [-0.4, -0.2) is 29.5 Å². The maximum absolute atomic E-state index is 9.46. The quantitative estimate of drug-likeness (QED) is 0.745. The number of aliphatic hydroxyl groups is 2. The van der Waals surface area contributed by atoms with Gasteiger partial charge in [-0.25, -0.2) is 0 Å². The van der Waals surface area contributed by atoms with Crippen molar-refractivity contribution in [3.05, 3.63) is 29.8 Å². The van der Waals surface area contributed by atoms with Crippen molar-refractivity contribution >= 4 is 0 Å². The maximum Gasteiger partial charge on any atom is 0.119 e. The molecule has 3 heteroatoms. The van der Waals surface area contributed by atoms with Crippen LogP contribution in [0.3, 0.4) is 0 Å². The van der Waals surface area contributed by atoms with Gasteiger partial charge in [0.15, 0.2) is 0 Å². The minimum atomic E-state index is -0.269. The van der Waals surface area contributed by atoms with Crippen LogP contribution in [0.2, 0.25) is 0 Å². The maximum atomic E-state index is 9.46. The summed E-state index contributed by atoms with van der Waals surface area (Å²) in [6, 6.07) is 7.58. The smallest absolute Gasteiger partial charge is 0.119 e. The summed E-state index contributed by atoms with van der Waals surface area (Å²) in [5, 5.41) is 18.0. The molecule has 0 amide bonds. The second-order valence-corrected chi connectivity index (χ2v) is 3.48. The van der Waals surface area contributed by atoms with Crippen molar-refractivity contribution in [3.8, 4) is 5.75 Å². The molecule has 1 rings (SSSR count). The van der Waals surface area contributed by atoms with Crippen LogP contribution < -0.4 is 4.74 Å². The first-order chi connectivity index (χ1) is 7.26. The number of hydrogen-bond donors (Lipinski definition) is 2. The van der Waals surface area contributed by atoms with E-state index in [9.17, 15) is 5.11 Å². The number of aliphatic hydroxyl groups excluding tert-OH is 2. The highest BCUT2D eigenvalue weighted by atomic mass is 16.5. The zero-order valence-electron chi connectivity index (χ0n) is 9.02. The van der Waals surface area contributed by atoms with E-state index in [1.165, 1.54) is 0 Å². The van der Waals surface area contributed by atoms with Gasteiger partial charge >= 0.3 is 0 Å². The van der Waals surface area contributed by atoms with E-state index in [2.05, 4.69) is 0 Å². The summed E-state index contributed by atoms with van der Waals surface area (Å²) in [6.07, 6.45) is 1.17. The Bertz CT molecular complexity index is 269. The van der Waals surface area contributed by atoms with Gasteiger partial charge < -0.3 is 14.9 Å². The molecule has 0 aliphatic rings. The van der Waals surface area contributed by atoms with Gasteiger partial charge in [-0.1, -0.05) is 19.1 Å². The Hall–Kier alpha value is -1.06. The van der Waals surface area contributed by atoms with Gasteiger partial charge in [0.25, 0.3) is 0 Å². The van der Waals surface area contributed by atoms with Gasteiger partial charge in [0.1, 0.15) is 12.4 Å². The average molecular weight is 210 g/mol. The van der Waals surface area contributed by atoms with Gasteiger partial charge in [-0.15, -0.1) is 0 Å². The lowest BCUT2D eigenvalue weighted by atomic mass is 10.1. The predicted molar refractivity (Wildman–Crippen MR) is 59.0 cm³/mol. The molecular weight excluding hydrogens is 192 g/mol. The fourth-order valence-electron chi connectivity index (χ4n) is 1.30. The number of rotatable bonds is 6. The fraction of sp³-hybridized carbons (Fsp3) is 0.500. The van der Waals surface area contributed by atoms with Gasteiger partial charge in [0.05, 0.1) is 12.7 Å². The molecule has 15 heavy (non-hydrogen) atoms. The monoisotopic (exact) mass is 210 g/mol. The third-order valence-corrected chi connectivity index (χ3v) is 2.23. The van der Waals surface area contributed by atoms with Crippen molar-refractivity contribution in [3.63, 3.8) is 0 Å². The summed E-state index contributed by atoms with van der Waals surface area (Å²) in [5.41, 5.74) is 1.10. The standard InChI is InChI=1S/C12H18O3/c1-2-11(14)9-10-3-5-12(6-4-10)15-8-7-13/h3-6,11,13-14H,2,7-9H2,1H3. The van der Waals surface area contributed by atoms with E-state index < -0.39 is 0 Å². The predicted octanol–water partition coefficient (Wildman–Crippen LogP) is 1.37. The lowest BCUT2D eigenvalue weighted by Crippen LogP contribution is -2.08. The molecule has 0 fully saturated rings. The molecule has 0 aromatic heterocycles. The van der Waals surface area contributed by atoms with Gasteiger partial charge in [0, 0.05) is 0 Å². The Morgan fingerprint density at radius 1 is 1.27 bits per heavy atom. The Balaban J connectivity index is 2.48. The minimum Gasteiger partial charge on any atom is -0.491 e. The molecule has 1 atom stereocenters. The topological polar surface area (TPSA) is 49.7 Å². The highest BCUT2D eigenvalue weighted by Gasteiger charge is 2.02. The first-order valence-electron chi connectivity index (χ1n) is 5.27. The van der Waals surface area contributed by atoms with Crippen LogP contribution in [0.5, 0.6) is 5.75 Å². The van der Waals surface area contributed by atoms with Crippen molar-refractivity contribution in [2.24, 2.45) is 0 Å². The van der Waals surface area contributed by atoms with Crippen molar-refractivity contribution in [1.82, 2.24) is 0 Å². The van der Waals surface area contributed by atoms with Crippen LogP contribution >= 0.6 is 0 Å². The van der Waals surface area contributed by atoms with Gasteiger partial charge in [-0.3, -0.25) is 0 Å². The third-order valence-electron chi connectivity index (χ3n) is 2.23. The first-order valence-corrected chi connectivity index (χ1v) is 5.27. The van der Waals surface area contributed by atoms with Gasteiger partial charge in [-0.05, 0) is 30.5 Å². The molecule has 0 spiro atoms. The number of hydrogen-bond acceptors (Lipinski definition) is 3. The molecule has 0 aliphatic carbocycles. The normalized spacial score (nSPS) is 12.5. The largest absolute Gasteiger partial charge is 0.491 e. The molecule has 0 saturated heterocycles. The Kier molecular flexibility index (Phi) is 5.15.